The van der Waals surface area contributed by atoms with Crippen molar-refractivity contribution >= 4 is 33.0 Å². The smallest absolute Gasteiger partial charge is 0.0637 e. The second-order valence-corrected chi connectivity index (χ2v) is 7.74. The Hall–Kier alpha value is -0.610. The summed E-state index contributed by atoms with van der Waals surface area (Å²) in [5.74, 6) is 0. The van der Waals surface area contributed by atoms with Crippen LogP contribution in [0.25, 0.3) is 10.1 Å². The van der Waals surface area contributed by atoms with E-state index in [-0.39, 0.29) is 0 Å². The Morgan fingerprint density at radius 1 is 1.30 bits per heavy atom. The van der Waals surface area contributed by atoms with E-state index in [2.05, 4.69) is 34.5 Å². The first-order chi connectivity index (χ1) is 9.76. The third-order valence-corrected chi connectivity index (χ3v) is 6.52. The third-order valence-electron chi connectivity index (χ3n) is 4.82. The maximum Gasteiger partial charge on any atom is 0.0637 e. The van der Waals surface area contributed by atoms with E-state index in [1.165, 1.54) is 54.0 Å². The van der Waals surface area contributed by atoms with E-state index in [1.54, 1.807) is 0 Å². The Kier molecular flexibility index (Phi) is 3.26. The molecule has 0 bridgehead atoms. The first-order valence-electron chi connectivity index (χ1n) is 7.35. The summed E-state index contributed by atoms with van der Waals surface area (Å²) in [7, 11) is 0. The van der Waals surface area contributed by atoms with E-state index in [9.17, 15) is 0 Å². The van der Waals surface area contributed by atoms with E-state index >= 15 is 0 Å². The van der Waals surface area contributed by atoms with E-state index in [0.29, 0.717) is 5.41 Å². The number of thiophene rings is 1. The second-order valence-electron chi connectivity index (χ2n) is 6.22. The van der Waals surface area contributed by atoms with E-state index in [4.69, 9.17) is 11.6 Å². The number of rotatable bonds is 2. The molecule has 2 aromatic rings. The number of hydrogen-bond donors (Lipinski definition) is 1. The van der Waals surface area contributed by atoms with Gasteiger partial charge in [0.1, 0.15) is 0 Å². The van der Waals surface area contributed by atoms with Gasteiger partial charge in [-0.25, -0.2) is 0 Å². The van der Waals surface area contributed by atoms with Gasteiger partial charge in [0.05, 0.1) is 5.02 Å². The van der Waals surface area contributed by atoms with Crippen LogP contribution in [-0.2, 0) is 6.54 Å². The second kappa shape index (κ2) is 4.99. The minimum Gasteiger partial charge on any atom is -0.316 e. The lowest BCUT2D eigenvalue weighted by atomic mass is 9.87. The molecule has 0 saturated carbocycles. The van der Waals surface area contributed by atoms with Gasteiger partial charge in [-0.2, -0.15) is 0 Å². The van der Waals surface area contributed by atoms with Crippen LogP contribution in [0, 0.1) is 5.41 Å². The van der Waals surface area contributed by atoms with Crippen molar-refractivity contribution in [3.63, 3.8) is 0 Å². The van der Waals surface area contributed by atoms with Crippen molar-refractivity contribution in [3.8, 4) is 0 Å². The molecule has 2 nitrogen and oxygen atoms in total. The fourth-order valence-corrected chi connectivity index (χ4v) is 5.21. The first-order valence-corrected chi connectivity index (χ1v) is 8.54. The van der Waals surface area contributed by atoms with Crippen LogP contribution in [0.1, 0.15) is 17.7 Å². The summed E-state index contributed by atoms with van der Waals surface area (Å²) in [4.78, 5) is 3.92. The third kappa shape index (κ3) is 2.17. The summed E-state index contributed by atoms with van der Waals surface area (Å²) in [6, 6.07) is 8.46. The highest BCUT2D eigenvalue weighted by atomic mass is 35.5. The Labute approximate surface area is 128 Å². The van der Waals surface area contributed by atoms with Gasteiger partial charge in [0.25, 0.3) is 0 Å². The Morgan fingerprint density at radius 3 is 3.00 bits per heavy atom. The highest BCUT2D eigenvalue weighted by Gasteiger charge is 2.40. The van der Waals surface area contributed by atoms with Crippen molar-refractivity contribution < 1.29 is 0 Å². The van der Waals surface area contributed by atoms with Gasteiger partial charge in [0, 0.05) is 34.6 Å². The summed E-state index contributed by atoms with van der Waals surface area (Å²) in [5, 5.41) is 5.70. The average Bonchev–Trinajstić information content (AvgIpc) is 3.15. The van der Waals surface area contributed by atoms with Gasteiger partial charge in [0.15, 0.2) is 0 Å². The van der Waals surface area contributed by atoms with Crippen molar-refractivity contribution in [2.45, 2.75) is 19.4 Å². The Balaban J connectivity index is 1.55. The number of hydrogen-bond acceptors (Lipinski definition) is 3. The van der Waals surface area contributed by atoms with Crippen LogP contribution in [0.3, 0.4) is 0 Å². The molecule has 4 heteroatoms. The van der Waals surface area contributed by atoms with E-state index in [1.807, 2.05) is 11.3 Å². The predicted octanol–water partition coefficient (Wildman–Crippen LogP) is 3.74. The molecule has 0 amide bonds. The molecule has 3 heterocycles. The van der Waals surface area contributed by atoms with Gasteiger partial charge in [-0.05, 0) is 37.4 Å². The lowest BCUT2D eigenvalue weighted by Crippen LogP contribution is -2.28. The number of nitrogens with zero attached hydrogens (tertiary/aromatic N) is 1. The molecule has 0 radical (unpaired) electrons. The summed E-state index contributed by atoms with van der Waals surface area (Å²) < 4.78 is 1.31. The van der Waals surface area contributed by atoms with Crippen LogP contribution in [0.15, 0.2) is 24.3 Å². The van der Waals surface area contributed by atoms with Crippen molar-refractivity contribution in [1.82, 2.24) is 10.2 Å². The fourth-order valence-electron chi connectivity index (χ4n) is 3.68. The number of halogens is 1. The van der Waals surface area contributed by atoms with Gasteiger partial charge in [0.2, 0.25) is 0 Å². The molecule has 1 spiro atoms. The fraction of sp³-hybridized carbons (Fsp3) is 0.500. The molecule has 2 aliphatic heterocycles. The lowest BCUT2D eigenvalue weighted by molar-refractivity contribution is 0.270. The molecular formula is C16H19ClN2S. The SMILES string of the molecule is Clc1c(CN2CCC3(CCNC3)C2)sc2ccccc12. The average molecular weight is 307 g/mol. The van der Waals surface area contributed by atoms with Crippen LogP contribution in [0.4, 0.5) is 0 Å². The maximum atomic E-state index is 6.56. The molecule has 1 aromatic carbocycles. The summed E-state index contributed by atoms with van der Waals surface area (Å²) in [5.41, 5.74) is 0.545. The molecule has 2 fully saturated rings. The molecule has 1 atom stereocenters. The minimum absolute atomic E-state index is 0.545. The van der Waals surface area contributed by atoms with Crippen LogP contribution in [-0.4, -0.2) is 31.1 Å². The van der Waals surface area contributed by atoms with Crippen molar-refractivity contribution in [1.29, 1.82) is 0 Å². The number of likely N-dealkylation sites (tertiary alicyclic amines) is 1. The van der Waals surface area contributed by atoms with Crippen LogP contribution in [0.5, 0.6) is 0 Å². The monoisotopic (exact) mass is 306 g/mol. The zero-order chi connectivity index (χ0) is 13.6. The predicted molar refractivity (Wildman–Crippen MR) is 86.6 cm³/mol. The van der Waals surface area contributed by atoms with Crippen molar-refractivity contribution in [2.75, 3.05) is 26.2 Å². The number of nitrogens with one attached hydrogen (secondary N) is 1. The molecule has 1 aromatic heterocycles. The summed E-state index contributed by atoms with van der Waals surface area (Å²) in [6.45, 7) is 5.85. The minimum atomic E-state index is 0.545. The normalized spacial score (nSPS) is 27.1. The number of fused-ring (bicyclic) bond motifs is 1. The molecule has 2 saturated heterocycles. The van der Waals surface area contributed by atoms with Crippen LogP contribution >= 0.6 is 22.9 Å². The van der Waals surface area contributed by atoms with Crippen LogP contribution in [0.2, 0.25) is 5.02 Å². The highest BCUT2D eigenvalue weighted by Crippen LogP contribution is 2.40. The lowest BCUT2D eigenvalue weighted by Gasteiger charge is -2.22. The quantitative estimate of drug-likeness (QED) is 0.909. The zero-order valence-corrected chi connectivity index (χ0v) is 13.1. The summed E-state index contributed by atoms with van der Waals surface area (Å²) in [6.07, 6.45) is 2.67. The van der Waals surface area contributed by atoms with Gasteiger partial charge >= 0.3 is 0 Å². The van der Waals surface area contributed by atoms with Crippen LogP contribution < -0.4 is 5.32 Å². The Morgan fingerprint density at radius 2 is 2.20 bits per heavy atom. The summed E-state index contributed by atoms with van der Waals surface area (Å²) >= 11 is 8.41. The van der Waals surface area contributed by atoms with Crippen molar-refractivity contribution in [3.05, 3.63) is 34.2 Å². The Bertz CT molecular complexity index is 630. The maximum absolute atomic E-state index is 6.56. The molecular weight excluding hydrogens is 288 g/mol. The van der Waals surface area contributed by atoms with Gasteiger partial charge < -0.3 is 5.32 Å². The molecule has 0 aliphatic carbocycles. The standard InChI is InChI=1S/C16H19ClN2S/c17-15-12-3-1-2-4-13(12)20-14(15)9-19-8-6-16(11-19)5-7-18-10-16/h1-4,18H,5-11H2. The molecule has 20 heavy (non-hydrogen) atoms. The highest BCUT2D eigenvalue weighted by molar-refractivity contribution is 7.19. The van der Waals surface area contributed by atoms with Crippen molar-refractivity contribution in [2.24, 2.45) is 5.41 Å². The number of benzene rings is 1. The molecule has 4 rings (SSSR count). The van der Waals surface area contributed by atoms with Gasteiger partial charge in [-0.15, -0.1) is 11.3 Å². The largest absolute Gasteiger partial charge is 0.316 e. The van der Waals surface area contributed by atoms with Gasteiger partial charge in [-0.3, -0.25) is 4.90 Å². The zero-order valence-electron chi connectivity index (χ0n) is 11.5. The van der Waals surface area contributed by atoms with E-state index in [0.717, 1.165) is 11.6 Å². The first kappa shape index (κ1) is 13.1. The molecule has 1 N–H and O–H groups in total. The topological polar surface area (TPSA) is 15.3 Å². The van der Waals surface area contributed by atoms with Gasteiger partial charge in [-0.1, -0.05) is 29.8 Å². The molecule has 106 valence electrons. The molecule has 1 unspecified atom stereocenters. The molecule has 2 aliphatic rings. The van der Waals surface area contributed by atoms with E-state index < -0.39 is 0 Å².